The van der Waals surface area contributed by atoms with Gasteiger partial charge in [-0.25, -0.2) is 4.98 Å². The molecule has 0 aromatic carbocycles. The largest absolute Gasteiger partial charge is 0.477 e. The highest BCUT2D eigenvalue weighted by Gasteiger charge is 2.37. The molecule has 0 spiro atoms. The third kappa shape index (κ3) is 4.92. The van der Waals surface area contributed by atoms with E-state index >= 15 is 0 Å². The molecule has 2 aliphatic heterocycles. The summed E-state index contributed by atoms with van der Waals surface area (Å²) in [6.45, 7) is 6.69. The van der Waals surface area contributed by atoms with Gasteiger partial charge in [-0.2, -0.15) is 0 Å². The summed E-state index contributed by atoms with van der Waals surface area (Å²) in [5.41, 5.74) is 0.938. The summed E-state index contributed by atoms with van der Waals surface area (Å²) in [4.78, 5) is 19.1. The van der Waals surface area contributed by atoms with E-state index in [0.29, 0.717) is 25.1 Å². The van der Waals surface area contributed by atoms with Crippen LogP contribution in [0.3, 0.4) is 0 Å². The first-order valence-corrected chi connectivity index (χ1v) is 9.44. The highest BCUT2D eigenvalue weighted by atomic mass is 16.5. The molecule has 6 nitrogen and oxygen atoms in total. The molecule has 2 fully saturated rings. The van der Waals surface area contributed by atoms with Crippen LogP contribution >= 0.6 is 0 Å². The van der Waals surface area contributed by atoms with E-state index in [2.05, 4.69) is 22.1 Å². The standard InChI is InChI=1S/C19H29N3O3/c1-2-3-9-25-19-15(5-4-8-20-19)12-21-18(23)16-13-22(14-16)17-6-10-24-11-7-17/h4-5,8,16-17H,2-3,6-7,9-14H2,1H3,(H,21,23). The lowest BCUT2D eigenvalue weighted by Gasteiger charge is -2.44. The average Bonchev–Trinajstić information content (AvgIpc) is 2.61. The van der Waals surface area contributed by atoms with Crippen molar-refractivity contribution in [2.24, 2.45) is 5.92 Å². The number of likely N-dealkylation sites (tertiary alicyclic amines) is 1. The molecule has 0 atom stereocenters. The Bertz CT molecular complexity index is 555. The summed E-state index contributed by atoms with van der Waals surface area (Å²) in [5, 5.41) is 3.04. The second-order valence-electron chi connectivity index (χ2n) is 6.88. The minimum absolute atomic E-state index is 0.101. The second kappa shape index (κ2) is 9.15. The molecular formula is C19H29N3O3. The van der Waals surface area contributed by atoms with Gasteiger partial charge in [-0.05, 0) is 25.3 Å². The molecule has 0 radical (unpaired) electrons. The van der Waals surface area contributed by atoms with Gasteiger partial charge in [0, 0.05) is 50.7 Å². The third-order valence-electron chi connectivity index (χ3n) is 5.03. The molecule has 2 saturated heterocycles. The highest BCUT2D eigenvalue weighted by molar-refractivity contribution is 5.80. The molecule has 3 rings (SSSR count). The fourth-order valence-corrected chi connectivity index (χ4v) is 3.36. The number of nitrogens with zero attached hydrogens (tertiary/aromatic N) is 2. The van der Waals surface area contributed by atoms with Gasteiger partial charge in [-0.3, -0.25) is 9.69 Å². The number of rotatable bonds is 8. The third-order valence-corrected chi connectivity index (χ3v) is 5.03. The lowest BCUT2D eigenvalue weighted by atomic mass is 9.94. The molecule has 0 bridgehead atoms. The van der Waals surface area contributed by atoms with E-state index < -0.39 is 0 Å². The van der Waals surface area contributed by atoms with Gasteiger partial charge in [0.05, 0.1) is 12.5 Å². The number of aromatic nitrogens is 1. The molecule has 25 heavy (non-hydrogen) atoms. The fraction of sp³-hybridized carbons (Fsp3) is 0.684. The van der Waals surface area contributed by atoms with Gasteiger partial charge >= 0.3 is 0 Å². The van der Waals surface area contributed by atoms with Gasteiger partial charge < -0.3 is 14.8 Å². The Balaban J connectivity index is 1.42. The van der Waals surface area contributed by atoms with Crippen LogP contribution in [0.5, 0.6) is 5.88 Å². The molecule has 0 aliphatic carbocycles. The van der Waals surface area contributed by atoms with E-state index in [-0.39, 0.29) is 11.8 Å². The Morgan fingerprint density at radius 1 is 1.40 bits per heavy atom. The first-order chi connectivity index (χ1) is 12.3. The van der Waals surface area contributed by atoms with E-state index in [0.717, 1.165) is 57.6 Å². The number of pyridine rings is 1. The first kappa shape index (κ1) is 18.1. The van der Waals surface area contributed by atoms with Gasteiger partial charge in [0.25, 0.3) is 0 Å². The van der Waals surface area contributed by atoms with Crippen molar-refractivity contribution in [3.8, 4) is 5.88 Å². The molecule has 6 heteroatoms. The summed E-state index contributed by atoms with van der Waals surface area (Å²) in [5.74, 6) is 0.865. The number of nitrogens with one attached hydrogen (secondary N) is 1. The van der Waals surface area contributed by atoms with E-state index in [4.69, 9.17) is 9.47 Å². The summed E-state index contributed by atoms with van der Waals surface area (Å²) >= 11 is 0. The van der Waals surface area contributed by atoms with Gasteiger partial charge in [0.15, 0.2) is 0 Å². The molecule has 0 unspecified atom stereocenters. The van der Waals surface area contributed by atoms with Crippen molar-refractivity contribution < 1.29 is 14.3 Å². The zero-order valence-corrected chi connectivity index (χ0v) is 15.1. The molecule has 1 aromatic heterocycles. The Hall–Kier alpha value is -1.66. The topological polar surface area (TPSA) is 63.7 Å². The van der Waals surface area contributed by atoms with Crippen LogP contribution in [-0.4, -0.2) is 54.7 Å². The van der Waals surface area contributed by atoms with Crippen LogP contribution in [0.2, 0.25) is 0 Å². The highest BCUT2D eigenvalue weighted by Crippen LogP contribution is 2.24. The predicted molar refractivity (Wildman–Crippen MR) is 95.4 cm³/mol. The van der Waals surface area contributed by atoms with Crippen molar-refractivity contribution in [2.75, 3.05) is 32.9 Å². The Labute approximate surface area is 149 Å². The van der Waals surface area contributed by atoms with Crippen LogP contribution in [-0.2, 0) is 16.1 Å². The smallest absolute Gasteiger partial charge is 0.225 e. The lowest BCUT2D eigenvalue weighted by molar-refractivity contribution is -0.132. The molecule has 1 amide bonds. The zero-order chi connectivity index (χ0) is 17.5. The van der Waals surface area contributed by atoms with Crippen LogP contribution < -0.4 is 10.1 Å². The van der Waals surface area contributed by atoms with Crippen LogP contribution in [0.4, 0.5) is 0 Å². The minimum atomic E-state index is 0.101. The predicted octanol–water partition coefficient (Wildman–Crippen LogP) is 1.99. The van der Waals surface area contributed by atoms with Crippen LogP contribution in [0.1, 0.15) is 38.2 Å². The average molecular weight is 347 g/mol. The normalized spacial score (nSPS) is 19.4. The summed E-state index contributed by atoms with van der Waals surface area (Å²) < 4.78 is 11.1. The fourth-order valence-electron chi connectivity index (χ4n) is 3.36. The first-order valence-electron chi connectivity index (χ1n) is 9.44. The van der Waals surface area contributed by atoms with Gasteiger partial charge in [-0.15, -0.1) is 0 Å². The SMILES string of the molecule is CCCCOc1ncccc1CNC(=O)C1CN(C2CCOCC2)C1. The molecule has 3 heterocycles. The number of hydrogen-bond acceptors (Lipinski definition) is 5. The van der Waals surface area contributed by atoms with Crippen molar-refractivity contribution in [3.63, 3.8) is 0 Å². The van der Waals surface area contributed by atoms with Crippen molar-refractivity contribution in [3.05, 3.63) is 23.9 Å². The Kier molecular flexibility index (Phi) is 6.64. The number of hydrogen-bond donors (Lipinski definition) is 1. The zero-order valence-electron chi connectivity index (χ0n) is 15.1. The Morgan fingerprint density at radius 3 is 2.96 bits per heavy atom. The molecule has 2 aliphatic rings. The lowest BCUT2D eigenvalue weighted by Crippen LogP contribution is -2.58. The van der Waals surface area contributed by atoms with E-state index in [1.165, 1.54) is 0 Å². The number of carbonyl (C=O) groups excluding carboxylic acids is 1. The van der Waals surface area contributed by atoms with Crippen LogP contribution in [0.15, 0.2) is 18.3 Å². The quantitative estimate of drug-likeness (QED) is 0.729. The molecular weight excluding hydrogens is 318 g/mol. The van der Waals surface area contributed by atoms with Gasteiger partial charge in [0.2, 0.25) is 11.8 Å². The number of carbonyl (C=O) groups is 1. The van der Waals surface area contributed by atoms with Crippen LogP contribution in [0, 0.1) is 5.92 Å². The number of ether oxygens (including phenoxy) is 2. The minimum Gasteiger partial charge on any atom is -0.477 e. The maximum Gasteiger partial charge on any atom is 0.225 e. The Morgan fingerprint density at radius 2 is 2.20 bits per heavy atom. The summed E-state index contributed by atoms with van der Waals surface area (Å²) in [6, 6.07) is 4.43. The number of unbranched alkanes of at least 4 members (excludes halogenated alkanes) is 1. The molecule has 1 aromatic rings. The van der Waals surface area contributed by atoms with Crippen molar-refractivity contribution in [2.45, 2.75) is 45.2 Å². The molecule has 138 valence electrons. The van der Waals surface area contributed by atoms with Crippen molar-refractivity contribution in [1.82, 2.24) is 15.2 Å². The maximum atomic E-state index is 12.4. The second-order valence-corrected chi connectivity index (χ2v) is 6.88. The van der Waals surface area contributed by atoms with Gasteiger partial charge in [-0.1, -0.05) is 19.4 Å². The molecule has 0 saturated carbocycles. The summed E-state index contributed by atoms with van der Waals surface area (Å²) in [6.07, 6.45) is 5.99. The van der Waals surface area contributed by atoms with Gasteiger partial charge in [0.1, 0.15) is 0 Å². The van der Waals surface area contributed by atoms with E-state index in [1.807, 2.05) is 12.1 Å². The number of amides is 1. The van der Waals surface area contributed by atoms with Crippen molar-refractivity contribution >= 4 is 5.91 Å². The van der Waals surface area contributed by atoms with E-state index in [9.17, 15) is 4.79 Å². The van der Waals surface area contributed by atoms with Crippen molar-refractivity contribution in [1.29, 1.82) is 0 Å². The maximum absolute atomic E-state index is 12.4. The monoisotopic (exact) mass is 347 g/mol. The van der Waals surface area contributed by atoms with E-state index in [1.54, 1.807) is 6.20 Å². The molecule has 1 N–H and O–H groups in total. The summed E-state index contributed by atoms with van der Waals surface area (Å²) in [7, 11) is 0. The van der Waals surface area contributed by atoms with Crippen LogP contribution in [0.25, 0.3) is 0 Å².